The second kappa shape index (κ2) is 13.8. The monoisotopic (exact) mass is 662 g/mol. The number of aromatic nitrogens is 4. The lowest BCUT2D eigenvalue weighted by Gasteiger charge is -2.28. The van der Waals surface area contributed by atoms with Gasteiger partial charge in [-0.05, 0) is 78.9 Å². The van der Waals surface area contributed by atoms with Crippen molar-refractivity contribution >= 4 is 43.1 Å². The van der Waals surface area contributed by atoms with E-state index in [2.05, 4.69) is 31.0 Å². The summed E-state index contributed by atoms with van der Waals surface area (Å²) in [7, 11) is -6.74. The Morgan fingerprint density at radius 1 is 0.652 bits per heavy atom. The Morgan fingerprint density at radius 3 is 1.46 bits per heavy atom. The molecule has 240 valence electrons. The Bertz CT molecular complexity index is 1810. The standard InChI is InChI=1S/C32H34N6O6S2/c1-45(41,42)25-10-3-6-21(16-25)18-31(39)33-29-14-12-27(35-37-29)23-8-5-9-24(20-23)28-13-15-30(38-36-28)34-32(40)19-22-7-4-11-26(17-22)46(2,43)44/h3-4,6-7,10-17,23-24H,5,8-9,18-20H2,1-2H3,(H,33,37,39)(H,34,38,40)/t23-,24-/m0/s1. The number of hydrogen-bond acceptors (Lipinski definition) is 10. The van der Waals surface area contributed by atoms with Crippen LogP contribution in [0, 0.1) is 0 Å². The highest BCUT2D eigenvalue weighted by Crippen LogP contribution is 2.40. The lowest BCUT2D eigenvalue weighted by molar-refractivity contribution is -0.116. The molecule has 12 nitrogen and oxygen atoms in total. The van der Waals surface area contributed by atoms with Gasteiger partial charge in [-0.15, -0.1) is 10.2 Å². The normalized spacial score (nSPS) is 16.8. The number of benzene rings is 2. The highest BCUT2D eigenvalue weighted by Gasteiger charge is 2.27. The Labute approximate surface area is 267 Å². The first-order valence-electron chi connectivity index (χ1n) is 14.7. The van der Waals surface area contributed by atoms with Gasteiger partial charge in [0.25, 0.3) is 0 Å². The Hall–Kier alpha value is -4.56. The van der Waals surface area contributed by atoms with Crippen LogP contribution < -0.4 is 10.6 Å². The van der Waals surface area contributed by atoms with E-state index in [1.807, 2.05) is 12.1 Å². The van der Waals surface area contributed by atoms with Crippen LogP contribution in [-0.4, -0.2) is 61.6 Å². The smallest absolute Gasteiger partial charge is 0.229 e. The van der Waals surface area contributed by atoms with Gasteiger partial charge in [0, 0.05) is 24.3 Å². The summed E-state index contributed by atoms with van der Waals surface area (Å²) in [5.41, 5.74) is 2.80. The molecule has 0 aliphatic heterocycles. The van der Waals surface area contributed by atoms with Crippen molar-refractivity contribution in [1.29, 1.82) is 0 Å². The van der Waals surface area contributed by atoms with Crippen LogP contribution in [0.1, 0.15) is 60.0 Å². The van der Waals surface area contributed by atoms with E-state index in [-0.39, 0.29) is 46.3 Å². The van der Waals surface area contributed by atoms with Gasteiger partial charge in [0.15, 0.2) is 31.3 Å². The van der Waals surface area contributed by atoms with Gasteiger partial charge in [0.05, 0.1) is 34.0 Å². The number of rotatable bonds is 10. The SMILES string of the molecule is CS(=O)(=O)c1cccc(CC(=O)Nc2ccc([C@H]3CCC[C@H](c4ccc(NC(=O)Cc5cccc(S(C)(=O)=O)c5)nn4)C3)nn2)c1. The van der Waals surface area contributed by atoms with Gasteiger partial charge in [-0.25, -0.2) is 16.8 Å². The maximum absolute atomic E-state index is 12.6. The average Bonchev–Trinajstić information content (AvgIpc) is 3.01. The molecular weight excluding hydrogens is 629 g/mol. The number of carbonyl (C=O) groups excluding carboxylic acids is 2. The molecule has 5 rings (SSSR count). The summed E-state index contributed by atoms with van der Waals surface area (Å²) >= 11 is 0. The molecule has 0 unspecified atom stereocenters. The van der Waals surface area contributed by atoms with E-state index >= 15 is 0 Å². The molecule has 14 heteroatoms. The van der Waals surface area contributed by atoms with E-state index in [9.17, 15) is 26.4 Å². The Kier molecular flexibility index (Phi) is 9.87. The van der Waals surface area contributed by atoms with Crippen LogP contribution in [0.3, 0.4) is 0 Å². The van der Waals surface area contributed by atoms with Crippen molar-refractivity contribution in [3.63, 3.8) is 0 Å². The summed E-state index contributed by atoms with van der Waals surface area (Å²) in [6, 6.07) is 19.7. The van der Waals surface area contributed by atoms with Crippen molar-refractivity contribution in [3.8, 4) is 0 Å². The third-order valence-electron chi connectivity index (χ3n) is 7.80. The minimum Gasteiger partial charge on any atom is -0.309 e. The van der Waals surface area contributed by atoms with Gasteiger partial charge >= 0.3 is 0 Å². The van der Waals surface area contributed by atoms with E-state index in [0.717, 1.165) is 49.6 Å². The molecule has 2 aromatic heterocycles. The molecule has 2 amide bonds. The van der Waals surface area contributed by atoms with Crippen LogP contribution in [0.15, 0.2) is 82.6 Å². The van der Waals surface area contributed by atoms with Crippen LogP contribution in [0.4, 0.5) is 11.6 Å². The number of carbonyl (C=O) groups is 2. The molecule has 1 fully saturated rings. The van der Waals surface area contributed by atoms with Gasteiger partial charge in [-0.3, -0.25) is 9.59 Å². The zero-order chi connectivity index (χ0) is 32.9. The predicted octanol–water partition coefficient (Wildman–Crippen LogP) is 3.88. The summed E-state index contributed by atoms with van der Waals surface area (Å²) in [5, 5.41) is 22.6. The fraction of sp³-hybridized carbons (Fsp3) is 0.312. The van der Waals surface area contributed by atoms with Crippen molar-refractivity contribution in [2.45, 2.75) is 60.2 Å². The molecule has 0 radical (unpaired) electrons. The first-order valence-corrected chi connectivity index (χ1v) is 18.5. The lowest BCUT2D eigenvalue weighted by atomic mass is 9.78. The summed E-state index contributed by atoms with van der Waals surface area (Å²) < 4.78 is 47.2. The van der Waals surface area contributed by atoms with E-state index in [1.165, 1.54) is 24.3 Å². The number of nitrogens with one attached hydrogen (secondary N) is 2. The second-order valence-electron chi connectivity index (χ2n) is 11.5. The van der Waals surface area contributed by atoms with Crippen molar-refractivity contribution in [2.75, 3.05) is 23.1 Å². The van der Waals surface area contributed by atoms with Crippen molar-refractivity contribution in [3.05, 3.63) is 95.3 Å². The molecule has 2 atom stereocenters. The van der Waals surface area contributed by atoms with Crippen LogP contribution in [0.5, 0.6) is 0 Å². The topological polar surface area (TPSA) is 178 Å². The first-order chi connectivity index (χ1) is 21.8. The molecule has 1 aliphatic rings. The Balaban J connectivity index is 1.14. The molecule has 46 heavy (non-hydrogen) atoms. The number of anilines is 2. The maximum Gasteiger partial charge on any atom is 0.229 e. The molecule has 2 N–H and O–H groups in total. The minimum absolute atomic E-state index is 0.000147. The summed E-state index contributed by atoms with van der Waals surface area (Å²) in [6.45, 7) is 0. The number of hydrogen-bond donors (Lipinski definition) is 2. The maximum atomic E-state index is 12.6. The van der Waals surface area contributed by atoms with E-state index < -0.39 is 19.7 Å². The lowest BCUT2D eigenvalue weighted by Crippen LogP contribution is -2.18. The third-order valence-corrected chi connectivity index (χ3v) is 10.0. The Morgan fingerprint density at radius 2 is 1.09 bits per heavy atom. The van der Waals surface area contributed by atoms with Crippen LogP contribution in [0.25, 0.3) is 0 Å². The number of nitrogens with zero attached hydrogens (tertiary/aromatic N) is 4. The van der Waals surface area contributed by atoms with Crippen molar-refractivity contribution < 1.29 is 26.4 Å². The van der Waals surface area contributed by atoms with Gasteiger partial charge < -0.3 is 10.6 Å². The highest BCUT2D eigenvalue weighted by molar-refractivity contribution is 7.91. The molecule has 0 saturated heterocycles. The van der Waals surface area contributed by atoms with Crippen molar-refractivity contribution in [1.82, 2.24) is 20.4 Å². The molecule has 0 spiro atoms. The van der Waals surface area contributed by atoms with E-state index in [0.29, 0.717) is 22.8 Å². The minimum atomic E-state index is -3.37. The number of sulfone groups is 2. The quantitative estimate of drug-likeness (QED) is 0.253. The molecule has 2 heterocycles. The molecule has 2 aromatic carbocycles. The van der Waals surface area contributed by atoms with Gasteiger partial charge in [0.2, 0.25) is 11.8 Å². The summed E-state index contributed by atoms with van der Waals surface area (Å²) in [5.74, 6) is 0.269. The van der Waals surface area contributed by atoms with Gasteiger partial charge in [-0.2, -0.15) is 10.2 Å². The predicted molar refractivity (Wildman–Crippen MR) is 172 cm³/mol. The molecule has 0 bridgehead atoms. The first kappa shape index (κ1) is 32.8. The van der Waals surface area contributed by atoms with E-state index in [4.69, 9.17) is 0 Å². The van der Waals surface area contributed by atoms with Crippen LogP contribution in [-0.2, 0) is 42.1 Å². The molecular formula is C32H34N6O6S2. The number of amides is 2. The van der Waals surface area contributed by atoms with Crippen LogP contribution >= 0.6 is 0 Å². The molecule has 1 aliphatic carbocycles. The fourth-order valence-corrected chi connectivity index (χ4v) is 6.88. The second-order valence-corrected chi connectivity index (χ2v) is 15.6. The van der Waals surface area contributed by atoms with Gasteiger partial charge in [0.1, 0.15) is 0 Å². The molecule has 1 saturated carbocycles. The van der Waals surface area contributed by atoms with Crippen molar-refractivity contribution in [2.24, 2.45) is 0 Å². The van der Waals surface area contributed by atoms with E-state index in [1.54, 1.807) is 36.4 Å². The zero-order valence-corrected chi connectivity index (χ0v) is 27.0. The molecule has 4 aromatic rings. The zero-order valence-electron chi connectivity index (χ0n) is 25.4. The van der Waals surface area contributed by atoms with Crippen LogP contribution in [0.2, 0.25) is 0 Å². The average molecular weight is 663 g/mol. The summed E-state index contributed by atoms with van der Waals surface area (Å²) in [4.78, 5) is 25.4. The fourth-order valence-electron chi connectivity index (χ4n) is 5.50. The third kappa shape index (κ3) is 8.79. The largest absolute Gasteiger partial charge is 0.309 e. The summed E-state index contributed by atoms with van der Waals surface area (Å²) in [6.07, 6.45) is 5.90. The highest BCUT2D eigenvalue weighted by atomic mass is 32.2. The van der Waals surface area contributed by atoms with Gasteiger partial charge in [-0.1, -0.05) is 30.7 Å².